The summed E-state index contributed by atoms with van der Waals surface area (Å²) in [5.74, 6) is 0. The van der Waals surface area contributed by atoms with Crippen molar-refractivity contribution in [2.75, 3.05) is 39.8 Å². The lowest BCUT2D eigenvalue weighted by molar-refractivity contribution is 0.196. The molecule has 1 atom stereocenters. The van der Waals surface area contributed by atoms with Crippen molar-refractivity contribution in [1.82, 2.24) is 20.5 Å². The third-order valence-corrected chi connectivity index (χ3v) is 3.28. The van der Waals surface area contributed by atoms with Crippen molar-refractivity contribution >= 4 is 0 Å². The van der Waals surface area contributed by atoms with Crippen molar-refractivity contribution in [1.29, 1.82) is 0 Å². The number of piperazine rings is 1. The van der Waals surface area contributed by atoms with E-state index < -0.39 is 0 Å². The maximum Gasteiger partial charge on any atom is 0.0342 e. The normalized spacial score (nSPS) is 22.4. The zero-order valence-corrected chi connectivity index (χ0v) is 10.00. The van der Waals surface area contributed by atoms with Gasteiger partial charge >= 0.3 is 0 Å². The molecule has 0 aliphatic carbocycles. The van der Waals surface area contributed by atoms with Gasteiger partial charge in [0, 0.05) is 44.6 Å². The van der Waals surface area contributed by atoms with Gasteiger partial charge in [-0.15, -0.1) is 0 Å². The summed E-state index contributed by atoms with van der Waals surface area (Å²) in [7, 11) is 2.21. The fourth-order valence-corrected chi connectivity index (χ4v) is 2.11. The molecule has 90 valence electrons. The summed E-state index contributed by atoms with van der Waals surface area (Å²) in [6.45, 7) is 5.52. The molecule has 1 aliphatic heterocycles. The number of nitrogens with one attached hydrogen (secondary N) is 3. The fraction of sp³-hybridized carbons (Fsp3) is 0.667. The third kappa shape index (κ3) is 3.33. The van der Waals surface area contributed by atoms with E-state index in [0.29, 0.717) is 6.04 Å². The van der Waals surface area contributed by atoms with Crippen LogP contribution in [0.1, 0.15) is 5.56 Å². The molecular formula is C12H22N4. The predicted octanol–water partition coefficient (Wildman–Crippen LogP) is 0.0504. The molecule has 1 saturated heterocycles. The highest BCUT2D eigenvalue weighted by atomic mass is 15.2. The molecule has 0 saturated carbocycles. The van der Waals surface area contributed by atoms with E-state index in [1.165, 1.54) is 5.56 Å². The van der Waals surface area contributed by atoms with Crippen molar-refractivity contribution in [3.63, 3.8) is 0 Å². The highest BCUT2D eigenvalue weighted by molar-refractivity contribution is 5.08. The van der Waals surface area contributed by atoms with Crippen LogP contribution in [0.15, 0.2) is 18.5 Å². The van der Waals surface area contributed by atoms with Gasteiger partial charge in [-0.2, -0.15) is 0 Å². The second-order valence-electron chi connectivity index (χ2n) is 4.51. The lowest BCUT2D eigenvalue weighted by atomic mass is 10.2. The maximum absolute atomic E-state index is 3.53. The molecule has 1 fully saturated rings. The number of H-pyrrole nitrogens is 1. The first-order chi connectivity index (χ1) is 7.86. The zero-order valence-electron chi connectivity index (χ0n) is 10.00. The van der Waals surface area contributed by atoms with E-state index in [2.05, 4.69) is 39.8 Å². The largest absolute Gasteiger partial charge is 0.367 e. The van der Waals surface area contributed by atoms with Crippen LogP contribution in [0.25, 0.3) is 0 Å². The first kappa shape index (κ1) is 11.6. The van der Waals surface area contributed by atoms with Crippen LogP contribution in [0.4, 0.5) is 0 Å². The predicted molar refractivity (Wildman–Crippen MR) is 66.7 cm³/mol. The number of nitrogens with zero attached hydrogens (tertiary/aromatic N) is 1. The number of likely N-dealkylation sites (N-methyl/N-ethyl adjacent to an activating group) is 1. The molecule has 0 bridgehead atoms. The van der Waals surface area contributed by atoms with E-state index in [0.717, 1.165) is 39.1 Å². The lowest BCUT2D eigenvalue weighted by Crippen LogP contribution is -2.53. The van der Waals surface area contributed by atoms with Crippen LogP contribution >= 0.6 is 0 Å². The molecular weight excluding hydrogens is 200 g/mol. The van der Waals surface area contributed by atoms with E-state index in [1.807, 2.05) is 6.20 Å². The molecule has 1 aromatic heterocycles. The van der Waals surface area contributed by atoms with Crippen LogP contribution in [-0.2, 0) is 6.42 Å². The molecule has 2 rings (SSSR count). The van der Waals surface area contributed by atoms with Crippen molar-refractivity contribution < 1.29 is 0 Å². The summed E-state index contributed by atoms with van der Waals surface area (Å²) >= 11 is 0. The van der Waals surface area contributed by atoms with E-state index in [9.17, 15) is 0 Å². The smallest absolute Gasteiger partial charge is 0.0342 e. The van der Waals surface area contributed by atoms with Gasteiger partial charge in [-0.1, -0.05) is 0 Å². The van der Waals surface area contributed by atoms with Crippen molar-refractivity contribution in [2.24, 2.45) is 0 Å². The minimum Gasteiger partial charge on any atom is -0.367 e. The molecule has 4 nitrogen and oxygen atoms in total. The van der Waals surface area contributed by atoms with Gasteiger partial charge in [0.05, 0.1) is 0 Å². The summed E-state index contributed by atoms with van der Waals surface area (Å²) in [5, 5.41) is 6.96. The Kier molecular flexibility index (Phi) is 4.39. The van der Waals surface area contributed by atoms with Crippen molar-refractivity contribution in [2.45, 2.75) is 12.5 Å². The molecule has 3 N–H and O–H groups in total. The molecule has 0 spiro atoms. The minimum atomic E-state index is 0.639. The molecule has 0 amide bonds. The topological polar surface area (TPSA) is 43.1 Å². The van der Waals surface area contributed by atoms with Gasteiger partial charge in [-0.05, 0) is 31.6 Å². The van der Waals surface area contributed by atoms with Gasteiger partial charge in [0.2, 0.25) is 0 Å². The number of aromatic nitrogens is 1. The number of aromatic amines is 1. The van der Waals surface area contributed by atoms with Crippen LogP contribution in [0.5, 0.6) is 0 Å². The van der Waals surface area contributed by atoms with E-state index in [-0.39, 0.29) is 0 Å². The van der Waals surface area contributed by atoms with Crippen LogP contribution in [0.3, 0.4) is 0 Å². The Labute approximate surface area is 97.4 Å². The second kappa shape index (κ2) is 6.03. The molecule has 1 aromatic rings. The van der Waals surface area contributed by atoms with Gasteiger partial charge in [0.15, 0.2) is 0 Å². The Hall–Kier alpha value is -0.840. The quantitative estimate of drug-likeness (QED) is 0.617. The van der Waals surface area contributed by atoms with Crippen LogP contribution in [0, 0.1) is 0 Å². The van der Waals surface area contributed by atoms with Gasteiger partial charge in [-0.25, -0.2) is 0 Å². The van der Waals surface area contributed by atoms with Gasteiger partial charge < -0.3 is 15.6 Å². The SMILES string of the molecule is CN1CCNCC1CNCCc1cc[nH]c1. The zero-order chi connectivity index (χ0) is 11.2. The first-order valence-corrected chi connectivity index (χ1v) is 6.09. The highest BCUT2D eigenvalue weighted by Crippen LogP contribution is 1.99. The second-order valence-corrected chi connectivity index (χ2v) is 4.51. The number of hydrogen-bond donors (Lipinski definition) is 3. The molecule has 4 heteroatoms. The maximum atomic E-state index is 3.53. The summed E-state index contributed by atoms with van der Waals surface area (Å²) in [4.78, 5) is 5.51. The van der Waals surface area contributed by atoms with Crippen LogP contribution in [-0.4, -0.2) is 55.7 Å². The Morgan fingerprint density at radius 3 is 3.25 bits per heavy atom. The van der Waals surface area contributed by atoms with Crippen molar-refractivity contribution in [3.8, 4) is 0 Å². The summed E-state index contributed by atoms with van der Waals surface area (Å²) in [6, 6.07) is 2.77. The average molecular weight is 222 g/mol. The van der Waals surface area contributed by atoms with Crippen molar-refractivity contribution in [3.05, 3.63) is 24.0 Å². The van der Waals surface area contributed by atoms with E-state index in [4.69, 9.17) is 0 Å². The van der Waals surface area contributed by atoms with E-state index >= 15 is 0 Å². The van der Waals surface area contributed by atoms with E-state index in [1.54, 1.807) is 0 Å². The molecule has 1 unspecified atom stereocenters. The molecule has 0 radical (unpaired) electrons. The van der Waals surface area contributed by atoms with Gasteiger partial charge in [-0.3, -0.25) is 4.90 Å². The molecule has 16 heavy (non-hydrogen) atoms. The fourth-order valence-electron chi connectivity index (χ4n) is 2.11. The lowest BCUT2D eigenvalue weighted by Gasteiger charge is -2.33. The highest BCUT2D eigenvalue weighted by Gasteiger charge is 2.17. The third-order valence-electron chi connectivity index (χ3n) is 3.28. The Balaban J connectivity index is 1.60. The number of rotatable bonds is 5. The van der Waals surface area contributed by atoms with Crippen LogP contribution in [0.2, 0.25) is 0 Å². The number of hydrogen-bond acceptors (Lipinski definition) is 3. The minimum absolute atomic E-state index is 0.639. The Bertz CT molecular complexity index is 283. The monoisotopic (exact) mass is 222 g/mol. The molecule has 2 heterocycles. The average Bonchev–Trinajstić information content (AvgIpc) is 2.79. The van der Waals surface area contributed by atoms with Gasteiger partial charge in [0.25, 0.3) is 0 Å². The first-order valence-electron chi connectivity index (χ1n) is 6.09. The van der Waals surface area contributed by atoms with Gasteiger partial charge in [0.1, 0.15) is 0 Å². The van der Waals surface area contributed by atoms with Crippen LogP contribution < -0.4 is 10.6 Å². The summed E-state index contributed by atoms with van der Waals surface area (Å²) < 4.78 is 0. The standard InChI is InChI=1S/C12H22N4/c1-16-7-6-15-10-12(16)9-14-5-3-11-2-4-13-8-11/h2,4,8,12-15H,3,5-7,9-10H2,1H3. The Morgan fingerprint density at radius 1 is 1.56 bits per heavy atom. The Morgan fingerprint density at radius 2 is 2.50 bits per heavy atom. The molecule has 1 aliphatic rings. The summed E-state index contributed by atoms with van der Waals surface area (Å²) in [6.07, 6.45) is 5.15. The summed E-state index contributed by atoms with van der Waals surface area (Å²) in [5.41, 5.74) is 1.38. The molecule has 0 aromatic carbocycles.